The Balaban J connectivity index is 2.07. The first-order valence-corrected chi connectivity index (χ1v) is 6.50. The molecular formula is C11H9F3N4O2S. The fourth-order valence-corrected chi connectivity index (χ4v) is 2.27. The molecule has 0 radical (unpaired) electrons. The number of carboxylic acids is 1. The zero-order valence-electron chi connectivity index (χ0n) is 10.3. The van der Waals surface area contributed by atoms with Gasteiger partial charge in [0.2, 0.25) is 5.16 Å². The van der Waals surface area contributed by atoms with Gasteiger partial charge in [-0.25, -0.2) is 9.47 Å². The minimum absolute atomic E-state index is 0.0790. The number of halogens is 3. The lowest BCUT2D eigenvalue weighted by Gasteiger charge is -2.06. The third-order valence-corrected chi connectivity index (χ3v) is 3.50. The van der Waals surface area contributed by atoms with E-state index in [1.54, 1.807) is 12.1 Å². The summed E-state index contributed by atoms with van der Waals surface area (Å²) in [5, 5.41) is 15.1. The van der Waals surface area contributed by atoms with E-state index in [1.807, 2.05) is 0 Å². The molecule has 2 aromatic rings. The summed E-state index contributed by atoms with van der Waals surface area (Å²) in [4.78, 5) is 10.7. The van der Waals surface area contributed by atoms with Gasteiger partial charge in [-0.2, -0.15) is 13.2 Å². The Bertz CT molecular complexity index is 654. The average Bonchev–Trinajstić information content (AvgIpc) is 2.78. The fourth-order valence-electron chi connectivity index (χ4n) is 1.46. The van der Waals surface area contributed by atoms with Crippen molar-refractivity contribution in [1.82, 2.24) is 14.9 Å². The molecule has 10 heteroatoms. The molecular weight excluding hydrogens is 309 g/mol. The second kappa shape index (κ2) is 5.64. The standard InChI is InChI=1S/C11H9F3N4O2S/c12-11(13,14)9-16-17-10(18(9)15)21-5-6-1-3-7(4-2-6)8(19)20/h1-4H,5,15H2,(H,19,20). The first kappa shape index (κ1) is 15.2. The van der Waals surface area contributed by atoms with Crippen LogP contribution in [-0.2, 0) is 11.9 Å². The third kappa shape index (κ3) is 3.45. The number of aromatic carboxylic acids is 1. The fraction of sp³-hybridized carbons (Fsp3) is 0.182. The molecule has 0 aliphatic carbocycles. The van der Waals surface area contributed by atoms with Crippen LogP contribution in [0.2, 0.25) is 0 Å². The summed E-state index contributed by atoms with van der Waals surface area (Å²) < 4.78 is 37.8. The highest BCUT2D eigenvalue weighted by Crippen LogP contribution is 2.29. The highest BCUT2D eigenvalue weighted by atomic mass is 32.2. The Labute approximate surface area is 120 Å². The molecule has 3 N–H and O–H groups in total. The summed E-state index contributed by atoms with van der Waals surface area (Å²) in [6.45, 7) is 0. The van der Waals surface area contributed by atoms with Crippen LogP contribution in [0.25, 0.3) is 0 Å². The topological polar surface area (TPSA) is 94.0 Å². The molecule has 2 rings (SSSR count). The number of alkyl halides is 3. The first-order chi connectivity index (χ1) is 9.79. The smallest absolute Gasteiger partial charge is 0.453 e. The molecule has 1 aromatic heterocycles. The molecule has 1 aromatic carbocycles. The molecule has 0 spiro atoms. The molecule has 0 unspecified atom stereocenters. The minimum Gasteiger partial charge on any atom is -0.478 e. The van der Waals surface area contributed by atoms with Crippen molar-refractivity contribution in [2.75, 3.05) is 5.84 Å². The van der Waals surface area contributed by atoms with Gasteiger partial charge in [-0.15, -0.1) is 10.2 Å². The van der Waals surface area contributed by atoms with Crippen molar-refractivity contribution in [1.29, 1.82) is 0 Å². The number of carboxylic acid groups (broad SMARTS) is 1. The van der Waals surface area contributed by atoms with Crippen LogP contribution in [-0.4, -0.2) is 25.9 Å². The Morgan fingerprint density at radius 1 is 1.29 bits per heavy atom. The van der Waals surface area contributed by atoms with Gasteiger partial charge in [0.25, 0.3) is 5.82 Å². The van der Waals surface area contributed by atoms with Crippen LogP contribution in [0.15, 0.2) is 29.4 Å². The minimum atomic E-state index is -4.66. The van der Waals surface area contributed by atoms with Crippen molar-refractivity contribution in [3.63, 3.8) is 0 Å². The van der Waals surface area contributed by atoms with Gasteiger partial charge >= 0.3 is 12.1 Å². The average molecular weight is 318 g/mol. The molecule has 0 saturated carbocycles. The summed E-state index contributed by atoms with van der Waals surface area (Å²) in [5.41, 5.74) is 0.853. The van der Waals surface area contributed by atoms with Crippen LogP contribution in [0.5, 0.6) is 0 Å². The number of hydrogen-bond acceptors (Lipinski definition) is 5. The molecule has 112 valence electrons. The van der Waals surface area contributed by atoms with Crippen molar-refractivity contribution >= 4 is 17.7 Å². The number of carbonyl (C=O) groups is 1. The summed E-state index contributed by atoms with van der Waals surface area (Å²) in [5.74, 6) is 3.25. The maximum atomic E-state index is 12.5. The SMILES string of the molecule is Nn1c(SCc2ccc(C(=O)O)cc2)nnc1C(F)(F)F. The van der Waals surface area contributed by atoms with Gasteiger partial charge in [-0.05, 0) is 17.7 Å². The van der Waals surface area contributed by atoms with Gasteiger partial charge in [0.15, 0.2) is 0 Å². The van der Waals surface area contributed by atoms with E-state index >= 15 is 0 Å². The lowest BCUT2D eigenvalue weighted by Crippen LogP contribution is -2.21. The maximum Gasteiger partial charge on any atom is 0.453 e. The number of nitrogen functional groups attached to an aromatic ring is 1. The molecule has 0 bridgehead atoms. The van der Waals surface area contributed by atoms with E-state index in [-0.39, 0.29) is 16.5 Å². The number of aromatic nitrogens is 3. The van der Waals surface area contributed by atoms with E-state index in [0.717, 1.165) is 17.3 Å². The summed E-state index contributed by atoms with van der Waals surface area (Å²) in [6, 6.07) is 5.95. The Hall–Kier alpha value is -2.23. The number of rotatable bonds is 4. The molecule has 0 aliphatic rings. The van der Waals surface area contributed by atoms with Crippen LogP contribution in [0.4, 0.5) is 13.2 Å². The Kier molecular flexibility index (Phi) is 4.07. The van der Waals surface area contributed by atoms with Crippen molar-refractivity contribution in [2.45, 2.75) is 17.1 Å². The molecule has 0 saturated heterocycles. The highest BCUT2D eigenvalue weighted by Gasteiger charge is 2.38. The normalized spacial score (nSPS) is 11.6. The van der Waals surface area contributed by atoms with Crippen LogP contribution in [0, 0.1) is 0 Å². The van der Waals surface area contributed by atoms with E-state index < -0.39 is 18.0 Å². The van der Waals surface area contributed by atoms with Crippen LogP contribution in [0.3, 0.4) is 0 Å². The molecule has 1 heterocycles. The number of nitrogens with two attached hydrogens (primary N) is 1. The predicted octanol–water partition coefficient (Wildman–Crippen LogP) is 2.00. The van der Waals surface area contributed by atoms with Gasteiger partial charge in [-0.1, -0.05) is 23.9 Å². The number of nitrogens with zero attached hydrogens (tertiary/aromatic N) is 3. The summed E-state index contributed by atoms with van der Waals surface area (Å²) in [7, 11) is 0. The Morgan fingerprint density at radius 2 is 1.90 bits per heavy atom. The zero-order chi connectivity index (χ0) is 15.6. The van der Waals surface area contributed by atoms with Crippen molar-refractivity contribution < 1.29 is 23.1 Å². The zero-order valence-corrected chi connectivity index (χ0v) is 11.1. The van der Waals surface area contributed by atoms with Gasteiger partial charge in [0.1, 0.15) is 0 Å². The van der Waals surface area contributed by atoms with Crippen molar-refractivity contribution in [3.8, 4) is 0 Å². The number of benzene rings is 1. The van der Waals surface area contributed by atoms with Gasteiger partial charge in [0.05, 0.1) is 5.56 Å². The van der Waals surface area contributed by atoms with E-state index in [1.165, 1.54) is 12.1 Å². The van der Waals surface area contributed by atoms with Gasteiger partial charge in [0, 0.05) is 5.75 Å². The second-order valence-electron chi connectivity index (χ2n) is 3.96. The van der Waals surface area contributed by atoms with Gasteiger partial charge < -0.3 is 10.9 Å². The van der Waals surface area contributed by atoms with Gasteiger partial charge in [-0.3, -0.25) is 0 Å². The van der Waals surface area contributed by atoms with Crippen LogP contribution >= 0.6 is 11.8 Å². The van der Waals surface area contributed by atoms with Crippen LogP contribution < -0.4 is 5.84 Å². The first-order valence-electron chi connectivity index (χ1n) is 5.52. The molecule has 0 amide bonds. The quantitative estimate of drug-likeness (QED) is 0.661. The van der Waals surface area contributed by atoms with E-state index in [0.29, 0.717) is 4.68 Å². The highest BCUT2D eigenvalue weighted by molar-refractivity contribution is 7.98. The largest absolute Gasteiger partial charge is 0.478 e. The number of hydrogen-bond donors (Lipinski definition) is 2. The van der Waals surface area contributed by atoms with E-state index in [9.17, 15) is 18.0 Å². The second-order valence-corrected chi connectivity index (χ2v) is 4.91. The molecule has 0 atom stereocenters. The lowest BCUT2D eigenvalue weighted by atomic mass is 10.1. The third-order valence-electron chi connectivity index (χ3n) is 2.49. The maximum absolute atomic E-state index is 12.5. The van der Waals surface area contributed by atoms with E-state index in [2.05, 4.69) is 10.2 Å². The molecule has 6 nitrogen and oxygen atoms in total. The summed E-state index contributed by atoms with van der Waals surface area (Å²) >= 11 is 0.968. The monoisotopic (exact) mass is 318 g/mol. The molecule has 21 heavy (non-hydrogen) atoms. The lowest BCUT2D eigenvalue weighted by molar-refractivity contribution is -0.146. The van der Waals surface area contributed by atoms with Crippen molar-refractivity contribution in [2.24, 2.45) is 0 Å². The van der Waals surface area contributed by atoms with E-state index in [4.69, 9.17) is 10.9 Å². The van der Waals surface area contributed by atoms with Crippen molar-refractivity contribution in [3.05, 3.63) is 41.2 Å². The predicted molar refractivity (Wildman–Crippen MR) is 68.1 cm³/mol. The van der Waals surface area contributed by atoms with Crippen LogP contribution in [0.1, 0.15) is 21.7 Å². The Morgan fingerprint density at radius 3 is 2.38 bits per heavy atom. The molecule has 0 fully saturated rings. The number of thioether (sulfide) groups is 1. The molecule has 0 aliphatic heterocycles. The summed E-state index contributed by atoms with van der Waals surface area (Å²) in [6.07, 6.45) is -4.66.